The second-order valence-electron chi connectivity index (χ2n) is 1.08. The van der Waals surface area contributed by atoms with E-state index in [1.165, 1.54) is 0 Å². The van der Waals surface area contributed by atoms with Gasteiger partial charge in [-0.3, -0.25) is 4.98 Å². The van der Waals surface area contributed by atoms with Gasteiger partial charge < -0.3 is 0 Å². The third-order valence-electron chi connectivity index (χ3n) is 0.580. The summed E-state index contributed by atoms with van der Waals surface area (Å²) >= 11 is 2.15. The average Bonchev–Trinajstić information content (AvgIpc) is 1.69. The van der Waals surface area contributed by atoms with Crippen molar-refractivity contribution in [2.45, 2.75) is 0 Å². The first-order valence-corrected chi connectivity index (χ1v) is 2.95. The molecule has 1 rings (SSSR count). The molecule has 0 fully saturated rings. The summed E-state index contributed by atoms with van der Waals surface area (Å²) in [6.45, 7) is 0. The zero-order valence-corrected chi connectivity index (χ0v) is 12.9. The summed E-state index contributed by atoms with van der Waals surface area (Å²) in [4.78, 5) is 3.91. The molecule has 1 nitrogen and oxygen atoms in total. The third-order valence-corrected chi connectivity index (χ3v) is 1.22. The van der Waals surface area contributed by atoms with Gasteiger partial charge in [0.15, 0.2) is 0 Å². The first-order chi connectivity index (χ1) is 3.39. The second-order valence-corrected chi connectivity index (χ2v) is 2.19. The van der Waals surface area contributed by atoms with E-state index in [-0.39, 0.29) is 0 Å². The largest absolute Gasteiger partial charge is 0.290 e. The Morgan fingerprint density at radius 1 is 1.62 bits per heavy atom. The molecule has 0 spiro atoms. The van der Waals surface area contributed by atoms with Crippen molar-refractivity contribution in [3.8, 4) is 0 Å². The Morgan fingerprint density at radius 2 is 2.38 bits per heavy atom. The SMILES string of the molecule is Ic1cc[c-]cn1.[Bh]. The van der Waals surface area contributed by atoms with Gasteiger partial charge in [0.05, 0.1) is 0 Å². The quantitative estimate of drug-likeness (QED) is 0.316. The molecule has 0 aliphatic rings. The van der Waals surface area contributed by atoms with Gasteiger partial charge >= 0.3 is 0 Å². The van der Waals surface area contributed by atoms with Crippen LogP contribution in [-0.2, 0) is 0 Å². The van der Waals surface area contributed by atoms with Crippen molar-refractivity contribution in [3.05, 3.63) is 28.1 Å². The molecule has 0 unspecified atom stereocenters. The van der Waals surface area contributed by atoms with Gasteiger partial charge in [0.1, 0.15) is 0 Å². The Bertz CT molecular complexity index is 142. The molecule has 3 heteroatoms. The molecule has 1 aromatic heterocycles. The summed E-state index contributed by atoms with van der Waals surface area (Å²) in [5, 5.41) is 0. The Morgan fingerprint density at radius 3 is 2.62 bits per heavy atom. The first-order valence-electron chi connectivity index (χ1n) is 1.87. The number of nitrogens with zero attached hydrogens (tertiary/aromatic N) is 1. The van der Waals surface area contributed by atoms with Gasteiger partial charge in [0.2, 0.25) is 0 Å². The van der Waals surface area contributed by atoms with Crippen LogP contribution in [-0.4, -0.2) is 4.98 Å². The molecule has 1 heterocycles. The zero-order valence-electron chi connectivity index (χ0n) is 4.26. The van der Waals surface area contributed by atoms with Gasteiger partial charge in [0, 0.05) is 3.70 Å². The molecule has 0 atom stereocenters. The van der Waals surface area contributed by atoms with Gasteiger partial charge in [0.25, 0.3) is 0 Å². The smallest absolute Gasteiger partial charge is 0.0195 e. The van der Waals surface area contributed by atoms with Gasteiger partial charge in [-0.05, 0) is 22.6 Å². The molecule has 38 valence electrons. The number of pyridine rings is 1. The Labute approximate surface area is 55.9 Å². The zero-order chi connectivity index (χ0) is 5.11. The predicted octanol–water partition coefficient (Wildman–Crippen LogP) is 1.49. The van der Waals surface area contributed by atoms with Gasteiger partial charge in [-0.25, -0.2) is 12.1 Å². The van der Waals surface area contributed by atoms with E-state index in [1.54, 1.807) is 6.20 Å². The minimum absolute atomic E-state index is 0. The molecule has 0 bridgehead atoms. The molecular formula is C5H3BhIN-. The van der Waals surface area contributed by atoms with Crippen LogP contribution >= 0.6 is 22.6 Å². The normalized spacial score (nSPS) is 7.62. The Kier molecular flexibility index (Phi) is 2.54. The summed E-state index contributed by atoms with van der Waals surface area (Å²) in [5.74, 6) is 0. The van der Waals surface area contributed by atoms with Crippen LogP contribution in [0.5, 0.6) is 0 Å². The van der Waals surface area contributed by atoms with E-state index in [1.807, 2.05) is 12.1 Å². The van der Waals surface area contributed by atoms with E-state index >= 15 is 0 Å². The molecule has 0 saturated heterocycles. The van der Waals surface area contributed by atoms with E-state index in [0.717, 1.165) is 3.70 Å². The number of hydrogen-bond donors (Lipinski definition) is 0. The maximum absolute atomic E-state index is 3.91. The van der Waals surface area contributed by atoms with Crippen LogP contribution in [0.15, 0.2) is 18.3 Å². The standard InChI is InChI=1S/C5H3IN.Bh/c6-5-3-1-2-4-7-5;/h1,3-4H;/q-1;. The van der Waals surface area contributed by atoms with Crippen LogP contribution in [0.3, 0.4) is 0 Å². The fraction of sp³-hybridized carbons (Fsp3) is 0. The summed E-state index contributed by atoms with van der Waals surface area (Å²) in [6, 6.07) is 6.56. The van der Waals surface area contributed by atoms with Crippen LogP contribution in [0.1, 0.15) is 0 Å². The average molecular weight is 474 g/mol. The molecule has 0 aliphatic heterocycles. The van der Waals surface area contributed by atoms with E-state index < -0.39 is 0 Å². The van der Waals surface area contributed by atoms with Crippen LogP contribution in [0.2, 0.25) is 0 Å². The molecular weight excluding hydrogens is 471 g/mol. The minimum atomic E-state index is 0. The third kappa shape index (κ3) is 1.55. The fourth-order valence-electron chi connectivity index (χ4n) is 0.302. The molecule has 0 aliphatic carbocycles. The van der Waals surface area contributed by atoms with Crippen LogP contribution in [0.25, 0.3) is 0 Å². The van der Waals surface area contributed by atoms with E-state index in [4.69, 9.17) is 0 Å². The molecule has 8 heavy (non-hydrogen) atoms. The molecule has 1 aromatic rings. The van der Waals surface area contributed by atoms with Crippen molar-refractivity contribution in [1.29, 1.82) is 0 Å². The van der Waals surface area contributed by atoms with Crippen molar-refractivity contribution in [2.75, 3.05) is 0 Å². The van der Waals surface area contributed by atoms with Gasteiger partial charge in [-0.15, -0.1) is 0 Å². The van der Waals surface area contributed by atoms with E-state index in [0.29, 0.717) is 0 Å². The van der Waals surface area contributed by atoms with E-state index in [9.17, 15) is 0 Å². The molecule has 0 saturated carbocycles. The van der Waals surface area contributed by atoms with Crippen LogP contribution < -0.4 is 0 Å². The van der Waals surface area contributed by atoms with Crippen LogP contribution in [0, 0.1) is 9.77 Å². The fourth-order valence-corrected chi connectivity index (χ4v) is 0.621. The van der Waals surface area contributed by atoms with Crippen molar-refractivity contribution in [3.63, 3.8) is 0 Å². The number of hydrogen-bond acceptors (Lipinski definition) is 1. The first kappa shape index (κ1) is 6.88. The summed E-state index contributed by atoms with van der Waals surface area (Å²) in [7, 11) is 0. The van der Waals surface area contributed by atoms with Crippen molar-refractivity contribution in [1.82, 2.24) is 4.98 Å². The number of halogens is 1. The maximum Gasteiger partial charge on any atom is 0.0195 e. The van der Waals surface area contributed by atoms with Crippen molar-refractivity contribution in [2.24, 2.45) is 0 Å². The van der Waals surface area contributed by atoms with Gasteiger partial charge in [-0.1, -0.05) is 6.20 Å². The molecule has 0 radical (unpaired) electrons. The van der Waals surface area contributed by atoms with E-state index in [2.05, 4.69) is 33.6 Å². The second kappa shape index (κ2) is 2.96. The summed E-state index contributed by atoms with van der Waals surface area (Å²) in [5.41, 5.74) is 0. The maximum atomic E-state index is 3.91. The van der Waals surface area contributed by atoms with Gasteiger partial charge in [-0.2, -0.15) is 6.07 Å². The number of aromatic nitrogens is 1. The predicted molar refractivity (Wildman–Crippen MR) is 35.8 cm³/mol. The van der Waals surface area contributed by atoms with Crippen molar-refractivity contribution >= 4 is 22.6 Å². The summed E-state index contributed by atoms with van der Waals surface area (Å²) in [6.07, 6.45) is 1.65. The molecule has 0 N–H and O–H groups in total. The summed E-state index contributed by atoms with van der Waals surface area (Å²) < 4.78 is 1.01. The van der Waals surface area contributed by atoms with Crippen LogP contribution in [0.4, 0.5) is 0 Å². The van der Waals surface area contributed by atoms with Crippen molar-refractivity contribution < 1.29 is 0 Å². The monoisotopic (exact) mass is 474 g/mol. The number of rotatable bonds is 0. The molecule has 0 aromatic carbocycles. The Hall–Kier alpha value is -1.12. The Balaban J connectivity index is 0.000000490. The topological polar surface area (TPSA) is 12.9 Å². The molecule has 0 amide bonds. The minimum Gasteiger partial charge on any atom is -0.290 e.